The smallest absolute Gasteiger partial charge is 0.154 e. The van der Waals surface area contributed by atoms with Crippen molar-refractivity contribution in [1.82, 2.24) is 0 Å². The van der Waals surface area contributed by atoms with Gasteiger partial charge in [0.2, 0.25) is 0 Å². The Bertz CT molecular complexity index is 2030. The number of fused-ring (bicyclic) bond motifs is 6. The van der Waals surface area contributed by atoms with Crippen LogP contribution < -0.4 is 5.19 Å². The fourth-order valence-corrected chi connectivity index (χ4v) is 17.5. The van der Waals surface area contributed by atoms with Gasteiger partial charge in [0, 0.05) is 36.8 Å². The van der Waals surface area contributed by atoms with Gasteiger partial charge < -0.3 is 4.42 Å². The molecule has 6 aromatic rings. The van der Waals surface area contributed by atoms with Crippen molar-refractivity contribution in [2.24, 2.45) is 0 Å². The zero-order valence-corrected chi connectivity index (χ0v) is 31.0. The average molecular weight is 902 g/mol. The van der Waals surface area contributed by atoms with E-state index in [0.29, 0.717) is 0 Å². The topological polar surface area (TPSA) is 13.1 Å². The maximum absolute atomic E-state index is 6.60. The zero-order chi connectivity index (χ0) is 26.7. The molecular weight excluding hydrogens is 882 g/mol. The molecule has 1 nitrogen and oxygen atoms in total. The minimum absolute atomic E-state index is 0.919. The van der Waals surface area contributed by atoms with Crippen molar-refractivity contribution in [3.05, 3.63) is 81.7 Å². The molecule has 0 unspecified atom stereocenters. The van der Waals surface area contributed by atoms with E-state index < -0.39 is 8.07 Å². The number of hydrogen-bond donors (Lipinski definition) is 0. The number of furan rings is 1. The third-order valence-corrected chi connectivity index (χ3v) is 17.8. The molecule has 7 rings (SSSR count). The average Bonchev–Trinajstić information content (AvgIpc) is 3.53. The standard InChI is InChI=1S/C30H20Br2I2OS2Si/c1-13-5-7-15(19(33)9-13)25-23(31)27-26(35-25)17-11-22-18(12-21(17)36-27)30-28(37-22)24(32)29(38(30,3)4)16-8-6-14(2)10-20(16)34/h5-12H,1-4H3. The van der Waals surface area contributed by atoms with E-state index in [1.807, 2.05) is 22.7 Å². The van der Waals surface area contributed by atoms with Gasteiger partial charge in [-0.1, -0.05) is 42.4 Å². The Labute approximate surface area is 274 Å². The van der Waals surface area contributed by atoms with Crippen LogP contribution >= 0.6 is 99.7 Å². The van der Waals surface area contributed by atoms with Gasteiger partial charge >= 0.3 is 0 Å². The fraction of sp³-hybridized carbons (Fsp3) is 0.133. The highest BCUT2D eigenvalue weighted by Gasteiger charge is 2.43. The zero-order valence-electron chi connectivity index (χ0n) is 20.9. The summed E-state index contributed by atoms with van der Waals surface area (Å²) in [6.45, 7) is 9.31. The summed E-state index contributed by atoms with van der Waals surface area (Å²) in [5, 5.41) is 5.71. The predicted octanol–water partition coefficient (Wildman–Crippen LogP) is 11.8. The highest BCUT2D eigenvalue weighted by atomic mass is 127. The maximum atomic E-state index is 6.60. The van der Waals surface area contributed by atoms with Crippen LogP contribution in [0, 0.1) is 21.0 Å². The van der Waals surface area contributed by atoms with Crippen LogP contribution in [0.1, 0.15) is 21.6 Å². The second-order valence-electron chi connectivity index (χ2n) is 10.4. The molecular formula is C30H20Br2I2OS2Si. The van der Waals surface area contributed by atoms with Crippen molar-refractivity contribution in [1.29, 1.82) is 0 Å². The van der Waals surface area contributed by atoms with E-state index in [1.54, 1.807) is 5.19 Å². The molecule has 8 heteroatoms. The lowest BCUT2D eigenvalue weighted by molar-refractivity contribution is 0.633. The summed E-state index contributed by atoms with van der Waals surface area (Å²) in [5.41, 5.74) is 6.07. The van der Waals surface area contributed by atoms with E-state index in [2.05, 4.69) is 153 Å². The number of hydrogen-bond acceptors (Lipinski definition) is 3. The Kier molecular flexibility index (Phi) is 6.43. The lowest BCUT2D eigenvalue weighted by Crippen LogP contribution is -2.40. The van der Waals surface area contributed by atoms with Gasteiger partial charge in [-0.05, 0) is 143 Å². The van der Waals surface area contributed by atoms with Crippen LogP contribution in [-0.2, 0) is 0 Å². The second-order valence-corrected chi connectivity index (χ2v) is 20.7. The first-order valence-electron chi connectivity index (χ1n) is 12.1. The van der Waals surface area contributed by atoms with Crippen LogP contribution in [0.15, 0.2) is 57.4 Å². The molecule has 0 fully saturated rings. The normalized spacial score (nSPS) is 14.9. The summed E-state index contributed by atoms with van der Waals surface area (Å²) in [6, 6.07) is 18.2. The Morgan fingerprint density at radius 2 is 1.39 bits per heavy atom. The number of thiophene rings is 2. The second kappa shape index (κ2) is 9.25. The van der Waals surface area contributed by atoms with Gasteiger partial charge in [-0.25, -0.2) is 0 Å². The molecule has 0 amide bonds. The summed E-state index contributed by atoms with van der Waals surface area (Å²) in [6.07, 6.45) is 0. The minimum atomic E-state index is -1.93. The van der Waals surface area contributed by atoms with E-state index in [0.717, 1.165) is 21.4 Å². The predicted molar refractivity (Wildman–Crippen MR) is 194 cm³/mol. The molecule has 190 valence electrons. The van der Waals surface area contributed by atoms with Crippen molar-refractivity contribution in [2.75, 3.05) is 0 Å². The van der Waals surface area contributed by atoms with Gasteiger partial charge in [0.25, 0.3) is 0 Å². The van der Waals surface area contributed by atoms with Crippen LogP contribution in [0.4, 0.5) is 0 Å². The first-order valence-corrected chi connectivity index (χ1v) is 20.5. The molecule has 0 aliphatic carbocycles. The van der Waals surface area contributed by atoms with Crippen molar-refractivity contribution >= 4 is 153 Å². The summed E-state index contributed by atoms with van der Waals surface area (Å²) < 4.78 is 15.3. The highest BCUT2D eigenvalue weighted by molar-refractivity contribution is 14.1. The molecule has 38 heavy (non-hydrogen) atoms. The summed E-state index contributed by atoms with van der Waals surface area (Å²) >= 11 is 16.6. The summed E-state index contributed by atoms with van der Waals surface area (Å²) in [5.74, 6) is 0.919. The molecule has 0 atom stereocenters. The molecule has 0 radical (unpaired) electrons. The molecule has 3 aromatic heterocycles. The van der Waals surface area contributed by atoms with E-state index in [4.69, 9.17) is 4.42 Å². The Hall–Kier alpha value is -0.503. The van der Waals surface area contributed by atoms with Crippen LogP contribution in [-0.4, -0.2) is 8.07 Å². The van der Waals surface area contributed by atoms with Crippen molar-refractivity contribution in [3.63, 3.8) is 0 Å². The molecule has 0 bridgehead atoms. The highest BCUT2D eigenvalue weighted by Crippen LogP contribution is 2.51. The fourth-order valence-electron chi connectivity index (χ4n) is 5.70. The number of aryl methyl sites for hydroxylation is 2. The molecule has 0 saturated heterocycles. The first kappa shape index (κ1) is 26.4. The monoisotopic (exact) mass is 900 g/mol. The van der Waals surface area contributed by atoms with E-state index in [9.17, 15) is 0 Å². The summed E-state index contributed by atoms with van der Waals surface area (Å²) in [7, 11) is -1.93. The maximum Gasteiger partial charge on any atom is 0.154 e. The molecule has 1 aliphatic heterocycles. The van der Waals surface area contributed by atoms with Crippen molar-refractivity contribution in [3.8, 4) is 11.3 Å². The SMILES string of the molecule is Cc1ccc(C2=C(Br)c3sc4cc5c(cc4c3[Si]2(C)C)sc2c(Br)c(-c3ccc(C)cc3I)oc25)c(I)c1. The Morgan fingerprint density at radius 1 is 0.789 bits per heavy atom. The van der Waals surface area contributed by atoms with Crippen LogP contribution in [0.3, 0.4) is 0 Å². The molecule has 0 spiro atoms. The largest absolute Gasteiger partial charge is 0.453 e. The number of benzene rings is 3. The van der Waals surface area contributed by atoms with Crippen molar-refractivity contribution < 1.29 is 4.42 Å². The van der Waals surface area contributed by atoms with Gasteiger partial charge in [0.15, 0.2) is 11.3 Å². The molecule has 1 aliphatic rings. The third-order valence-electron chi connectivity index (χ3n) is 7.49. The van der Waals surface area contributed by atoms with E-state index in [1.165, 1.54) is 63.3 Å². The molecule has 4 heterocycles. The quantitative estimate of drug-likeness (QED) is 0.125. The Balaban J connectivity index is 1.43. The molecule has 0 N–H and O–H groups in total. The van der Waals surface area contributed by atoms with Crippen LogP contribution in [0.5, 0.6) is 0 Å². The minimum Gasteiger partial charge on any atom is -0.453 e. The molecule has 0 saturated carbocycles. The van der Waals surface area contributed by atoms with Gasteiger partial charge in [-0.2, -0.15) is 0 Å². The third kappa shape index (κ3) is 3.80. The van der Waals surface area contributed by atoms with Gasteiger partial charge in [-0.3, -0.25) is 0 Å². The van der Waals surface area contributed by atoms with Crippen LogP contribution in [0.2, 0.25) is 13.1 Å². The lowest BCUT2D eigenvalue weighted by Gasteiger charge is -2.23. The van der Waals surface area contributed by atoms with Gasteiger partial charge in [0.1, 0.15) is 8.07 Å². The van der Waals surface area contributed by atoms with E-state index >= 15 is 0 Å². The van der Waals surface area contributed by atoms with E-state index in [-0.39, 0.29) is 0 Å². The lowest BCUT2D eigenvalue weighted by atomic mass is 10.1. The Morgan fingerprint density at radius 3 is 2.05 bits per heavy atom. The number of halogens is 4. The first-order chi connectivity index (χ1) is 18.1. The van der Waals surface area contributed by atoms with Crippen molar-refractivity contribution in [2.45, 2.75) is 26.9 Å². The number of rotatable bonds is 2. The summed E-state index contributed by atoms with van der Waals surface area (Å²) in [4.78, 5) is 1.41. The van der Waals surface area contributed by atoms with Gasteiger partial charge in [-0.15, -0.1) is 22.7 Å². The van der Waals surface area contributed by atoms with Gasteiger partial charge in [0.05, 0.1) is 9.17 Å². The van der Waals surface area contributed by atoms with Crippen LogP contribution in [0.25, 0.3) is 51.5 Å². The molecule has 3 aromatic carbocycles.